The first-order chi connectivity index (χ1) is 10.9. The number of rotatable bonds is 5. The fraction of sp³-hybridized carbons (Fsp3) is 0.0667. The largest absolute Gasteiger partial charge is 0.481 e. The van der Waals surface area contributed by atoms with Crippen LogP contribution in [0, 0.1) is 0 Å². The van der Waals surface area contributed by atoms with Gasteiger partial charge < -0.3 is 15.2 Å². The fourth-order valence-corrected chi connectivity index (χ4v) is 3.10. The second-order valence-electron chi connectivity index (χ2n) is 4.42. The molecule has 0 unspecified atom stereocenters. The Labute approximate surface area is 150 Å². The zero-order valence-electron chi connectivity index (χ0n) is 11.5. The van der Waals surface area contributed by atoms with Crippen LogP contribution in [0.5, 0.6) is 5.75 Å². The number of carboxylic acid groups (broad SMARTS) is 1. The summed E-state index contributed by atoms with van der Waals surface area (Å²) in [4.78, 5) is 22.8. The molecule has 8 heteroatoms. The van der Waals surface area contributed by atoms with Crippen molar-refractivity contribution in [2.75, 3.05) is 11.9 Å². The Bertz CT molecular complexity index is 744. The van der Waals surface area contributed by atoms with Crippen molar-refractivity contribution in [1.82, 2.24) is 0 Å². The van der Waals surface area contributed by atoms with Crippen molar-refractivity contribution in [3.8, 4) is 5.75 Å². The molecule has 0 aliphatic heterocycles. The van der Waals surface area contributed by atoms with Gasteiger partial charge in [-0.25, -0.2) is 4.79 Å². The van der Waals surface area contributed by atoms with Gasteiger partial charge in [-0.1, -0.05) is 29.3 Å². The zero-order chi connectivity index (χ0) is 17.0. The summed E-state index contributed by atoms with van der Waals surface area (Å²) < 4.78 is 5.89. The number of nitrogens with one attached hydrogen (secondary N) is 1. The second-order valence-corrected chi connectivity index (χ2v) is 6.12. The Morgan fingerprint density at radius 2 is 1.96 bits per heavy atom. The van der Waals surface area contributed by atoms with Gasteiger partial charge in [0.25, 0.3) is 5.91 Å². The van der Waals surface area contributed by atoms with Gasteiger partial charge in [0.15, 0.2) is 12.4 Å². The predicted octanol–water partition coefficient (Wildman–Crippen LogP) is 4.47. The molecule has 0 saturated heterocycles. The molecule has 0 spiro atoms. The number of aromatic carboxylic acids is 1. The van der Waals surface area contributed by atoms with Gasteiger partial charge in [-0.15, -0.1) is 0 Å². The smallest absolute Gasteiger partial charge is 0.335 e. The zero-order valence-corrected chi connectivity index (χ0v) is 14.6. The normalized spacial score (nSPS) is 10.2. The molecule has 2 aromatic carbocycles. The highest BCUT2D eigenvalue weighted by molar-refractivity contribution is 9.10. The quantitative estimate of drug-likeness (QED) is 0.750. The third-order valence-electron chi connectivity index (χ3n) is 2.70. The molecule has 0 heterocycles. The monoisotopic (exact) mass is 417 g/mol. The van der Waals surface area contributed by atoms with Gasteiger partial charge in [0.05, 0.1) is 15.1 Å². The van der Waals surface area contributed by atoms with Gasteiger partial charge in [0, 0.05) is 10.7 Å². The van der Waals surface area contributed by atoms with E-state index < -0.39 is 11.9 Å². The molecule has 5 nitrogen and oxygen atoms in total. The van der Waals surface area contributed by atoms with E-state index in [-0.39, 0.29) is 17.2 Å². The Morgan fingerprint density at radius 3 is 2.61 bits per heavy atom. The van der Waals surface area contributed by atoms with E-state index in [0.717, 1.165) is 0 Å². The average Bonchev–Trinajstić information content (AvgIpc) is 2.46. The van der Waals surface area contributed by atoms with Crippen molar-refractivity contribution in [3.05, 3.63) is 56.5 Å². The maximum Gasteiger partial charge on any atom is 0.335 e. The summed E-state index contributed by atoms with van der Waals surface area (Å²) in [6.45, 7) is -0.294. The van der Waals surface area contributed by atoms with Crippen molar-refractivity contribution < 1.29 is 19.4 Å². The maximum absolute atomic E-state index is 11.9. The minimum atomic E-state index is -1.07. The summed E-state index contributed by atoms with van der Waals surface area (Å²) in [7, 11) is 0. The molecule has 1 amide bonds. The number of carbonyl (C=O) groups excluding carboxylic acids is 1. The number of ether oxygens (including phenoxy) is 1. The van der Waals surface area contributed by atoms with Crippen LogP contribution in [0.3, 0.4) is 0 Å². The van der Waals surface area contributed by atoms with E-state index in [1.165, 1.54) is 24.3 Å². The minimum Gasteiger partial charge on any atom is -0.481 e. The molecular formula is C15H10BrCl2NO4. The molecule has 0 radical (unpaired) electrons. The van der Waals surface area contributed by atoms with Crippen molar-refractivity contribution in [2.24, 2.45) is 0 Å². The fourth-order valence-electron chi connectivity index (χ4n) is 1.73. The highest BCUT2D eigenvalue weighted by Crippen LogP contribution is 2.35. The first-order valence-electron chi connectivity index (χ1n) is 6.27. The predicted molar refractivity (Wildman–Crippen MR) is 91.7 cm³/mol. The Morgan fingerprint density at radius 1 is 1.22 bits per heavy atom. The molecule has 0 aliphatic rings. The molecule has 0 saturated carbocycles. The highest BCUT2D eigenvalue weighted by atomic mass is 79.9. The number of hydrogen-bond acceptors (Lipinski definition) is 3. The number of carboxylic acids is 1. The molecule has 2 aromatic rings. The number of benzene rings is 2. The standard InChI is InChI=1S/C15H10BrCl2NO4/c16-11-5-9(17)6-12(18)14(11)23-7-13(20)19-10-3-1-2-8(4-10)15(21)22/h1-6H,7H2,(H,19,20)(H,21,22). The second kappa shape index (κ2) is 7.68. The number of anilines is 1. The minimum absolute atomic E-state index is 0.0761. The molecule has 2 N–H and O–H groups in total. The van der Waals surface area contributed by atoms with Crippen LogP contribution in [0.1, 0.15) is 10.4 Å². The van der Waals surface area contributed by atoms with Gasteiger partial charge >= 0.3 is 5.97 Å². The molecule has 0 fully saturated rings. The van der Waals surface area contributed by atoms with Gasteiger partial charge in [-0.05, 0) is 46.3 Å². The van der Waals surface area contributed by atoms with Crippen LogP contribution in [0.4, 0.5) is 5.69 Å². The van der Waals surface area contributed by atoms with E-state index in [0.29, 0.717) is 20.9 Å². The molecule has 0 bridgehead atoms. The van der Waals surface area contributed by atoms with E-state index in [9.17, 15) is 9.59 Å². The summed E-state index contributed by atoms with van der Waals surface area (Å²) in [6, 6.07) is 8.99. The third kappa shape index (κ3) is 4.86. The van der Waals surface area contributed by atoms with Crippen LogP contribution >= 0.6 is 39.1 Å². The van der Waals surface area contributed by atoms with Gasteiger partial charge in [-0.2, -0.15) is 0 Å². The van der Waals surface area contributed by atoms with E-state index in [1.807, 2.05) is 0 Å². The molecular weight excluding hydrogens is 409 g/mol. The van der Waals surface area contributed by atoms with Gasteiger partial charge in [0.1, 0.15) is 0 Å². The highest BCUT2D eigenvalue weighted by Gasteiger charge is 2.12. The lowest BCUT2D eigenvalue weighted by Gasteiger charge is -2.11. The molecule has 120 valence electrons. The van der Waals surface area contributed by atoms with E-state index >= 15 is 0 Å². The van der Waals surface area contributed by atoms with Crippen molar-refractivity contribution >= 4 is 56.7 Å². The van der Waals surface area contributed by atoms with E-state index in [2.05, 4.69) is 21.2 Å². The lowest BCUT2D eigenvalue weighted by atomic mass is 10.2. The van der Waals surface area contributed by atoms with Crippen LogP contribution in [-0.2, 0) is 4.79 Å². The van der Waals surface area contributed by atoms with Crippen LogP contribution in [0.15, 0.2) is 40.9 Å². The summed E-state index contributed by atoms with van der Waals surface area (Å²) in [6.07, 6.45) is 0. The van der Waals surface area contributed by atoms with E-state index in [1.54, 1.807) is 12.1 Å². The summed E-state index contributed by atoms with van der Waals surface area (Å²) in [5.41, 5.74) is 0.437. The molecule has 0 aliphatic carbocycles. The Kier molecular flexibility index (Phi) is 5.87. The summed E-state index contributed by atoms with van der Waals surface area (Å²) in [5, 5.41) is 12.2. The lowest BCUT2D eigenvalue weighted by molar-refractivity contribution is -0.118. The van der Waals surface area contributed by atoms with Gasteiger partial charge in [0.2, 0.25) is 0 Å². The van der Waals surface area contributed by atoms with Crippen molar-refractivity contribution in [2.45, 2.75) is 0 Å². The van der Waals surface area contributed by atoms with Gasteiger partial charge in [-0.3, -0.25) is 4.79 Å². The Hall–Kier alpha value is -1.76. The van der Waals surface area contributed by atoms with Crippen LogP contribution in [0.2, 0.25) is 10.0 Å². The number of amides is 1. The average molecular weight is 419 g/mol. The first-order valence-corrected chi connectivity index (χ1v) is 7.82. The lowest BCUT2D eigenvalue weighted by Crippen LogP contribution is -2.20. The first kappa shape index (κ1) is 17.6. The van der Waals surface area contributed by atoms with E-state index in [4.69, 9.17) is 33.0 Å². The number of carbonyl (C=O) groups is 2. The summed E-state index contributed by atoms with van der Waals surface area (Å²) in [5.74, 6) is -1.23. The third-order valence-corrected chi connectivity index (χ3v) is 3.79. The summed E-state index contributed by atoms with van der Waals surface area (Å²) >= 11 is 15.1. The molecule has 0 atom stereocenters. The van der Waals surface area contributed by atoms with Crippen molar-refractivity contribution in [3.63, 3.8) is 0 Å². The molecule has 23 heavy (non-hydrogen) atoms. The van der Waals surface area contributed by atoms with Crippen LogP contribution < -0.4 is 10.1 Å². The maximum atomic E-state index is 11.9. The SMILES string of the molecule is O=C(COc1c(Cl)cc(Cl)cc1Br)Nc1cccc(C(=O)O)c1. The molecule has 2 rings (SSSR count). The van der Waals surface area contributed by atoms with Crippen molar-refractivity contribution in [1.29, 1.82) is 0 Å². The number of hydrogen-bond donors (Lipinski definition) is 2. The Balaban J connectivity index is 2.01. The van der Waals surface area contributed by atoms with Crippen LogP contribution in [0.25, 0.3) is 0 Å². The topological polar surface area (TPSA) is 75.6 Å². The van der Waals surface area contributed by atoms with Crippen LogP contribution in [-0.4, -0.2) is 23.6 Å². The number of halogens is 3. The molecule has 0 aromatic heterocycles.